The molecule has 1 aromatic rings. The molecule has 1 aliphatic rings. The first-order chi connectivity index (χ1) is 4.97. The van der Waals surface area contributed by atoms with Gasteiger partial charge in [-0.25, -0.2) is 0 Å². The summed E-state index contributed by atoms with van der Waals surface area (Å²) in [6.45, 7) is 0. The van der Waals surface area contributed by atoms with E-state index in [-0.39, 0.29) is 20.9 Å². The van der Waals surface area contributed by atoms with Crippen LogP contribution in [0.4, 0.5) is 5.69 Å². The molecule has 0 unspecified atom stereocenters. The van der Waals surface area contributed by atoms with E-state index in [4.69, 9.17) is 0 Å². The minimum atomic E-state index is -0.0129. The molecule has 0 spiro atoms. The van der Waals surface area contributed by atoms with E-state index in [2.05, 4.69) is 33.7 Å². The van der Waals surface area contributed by atoms with E-state index >= 15 is 0 Å². The number of nitrogens with one attached hydrogen (secondary N) is 1. The Labute approximate surface area is 70.2 Å². The molecule has 0 bridgehead atoms. The second kappa shape index (κ2) is 2.65. The van der Waals surface area contributed by atoms with Crippen LogP contribution in [0.15, 0.2) is 34.6 Å². The van der Waals surface area contributed by atoms with Gasteiger partial charge >= 0.3 is 70.1 Å². The quantitative estimate of drug-likeness (QED) is 0.669. The summed E-state index contributed by atoms with van der Waals surface area (Å²) >= 11 is -0.0129. The van der Waals surface area contributed by atoms with Crippen LogP contribution >= 0.6 is 0 Å². The summed E-state index contributed by atoms with van der Waals surface area (Å²) in [6.07, 6.45) is 2.05. The Morgan fingerprint density at radius 2 is 2.10 bits per heavy atom. The van der Waals surface area contributed by atoms with Crippen LogP contribution in [0.1, 0.15) is 0 Å². The van der Waals surface area contributed by atoms with Crippen LogP contribution in [0.5, 0.6) is 0 Å². The van der Waals surface area contributed by atoms with Crippen LogP contribution in [0.3, 0.4) is 0 Å². The Balaban J connectivity index is 2.47. The van der Waals surface area contributed by atoms with Gasteiger partial charge in [0.25, 0.3) is 0 Å². The first-order valence-electron chi connectivity index (χ1n) is 3.14. The Hall–Kier alpha value is -0.450. The number of benzene rings is 1. The van der Waals surface area contributed by atoms with Crippen LogP contribution in [0.2, 0.25) is 0 Å². The fourth-order valence-electron chi connectivity index (χ4n) is 0.920. The Kier molecular flexibility index (Phi) is 1.66. The number of hydrogen-bond donors (Lipinski definition) is 1. The zero-order valence-electron chi connectivity index (χ0n) is 5.37. The summed E-state index contributed by atoms with van der Waals surface area (Å²) < 4.78 is 3.77. The van der Waals surface area contributed by atoms with Gasteiger partial charge in [0.15, 0.2) is 0 Å². The third-order valence-corrected chi connectivity index (χ3v) is 3.91. The van der Waals surface area contributed by atoms with Crippen LogP contribution < -0.4 is 8.93 Å². The number of hydrogen-bond acceptors (Lipinski definition) is 1. The van der Waals surface area contributed by atoms with Gasteiger partial charge in [-0.3, -0.25) is 0 Å². The molecule has 1 aliphatic heterocycles. The van der Waals surface area contributed by atoms with E-state index in [9.17, 15) is 0 Å². The molecule has 0 atom stereocenters. The number of anilines is 1. The van der Waals surface area contributed by atoms with Gasteiger partial charge in [0, 0.05) is 0 Å². The van der Waals surface area contributed by atoms with Gasteiger partial charge in [-0.05, 0) is 0 Å². The van der Waals surface area contributed by atoms with Crippen molar-refractivity contribution in [1.29, 1.82) is 0 Å². The fourth-order valence-corrected chi connectivity index (χ4v) is 2.90. The molecule has 0 amide bonds. The van der Waals surface area contributed by atoms with Gasteiger partial charge in [0.2, 0.25) is 0 Å². The molecule has 0 radical (unpaired) electrons. The molecular weight excluding hydrogens is 238 g/mol. The summed E-state index contributed by atoms with van der Waals surface area (Å²) in [5.41, 5.74) is 1.30. The zero-order valence-corrected chi connectivity index (χ0v) is 7.70. The second-order valence-electron chi connectivity index (χ2n) is 2.06. The molecule has 1 N–H and O–H groups in total. The Morgan fingerprint density at radius 1 is 1.20 bits per heavy atom. The van der Waals surface area contributed by atoms with E-state index in [1.165, 1.54) is 9.30 Å². The molecule has 0 fully saturated rings. The summed E-state index contributed by atoms with van der Waals surface area (Å²) in [6, 6.07) is 8.50. The number of rotatable bonds is 0. The van der Waals surface area contributed by atoms with Gasteiger partial charge < -0.3 is 0 Å². The van der Waals surface area contributed by atoms with E-state index < -0.39 is 0 Å². The maximum atomic E-state index is 3.21. The van der Waals surface area contributed by atoms with Gasteiger partial charge in [-0.1, -0.05) is 0 Å². The van der Waals surface area contributed by atoms with E-state index in [1.807, 2.05) is 6.20 Å². The molecule has 0 saturated carbocycles. The first-order valence-corrected chi connectivity index (χ1v) is 5.65. The summed E-state index contributed by atoms with van der Waals surface area (Å²) in [7, 11) is 0. The normalized spacial score (nSPS) is 14.0. The van der Waals surface area contributed by atoms with Crippen molar-refractivity contribution in [2.75, 3.05) is 5.32 Å². The molecule has 0 saturated heterocycles. The van der Waals surface area contributed by atoms with Crippen LogP contribution in [0.25, 0.3) is 0 Å². The third-order valence-electron chi connectivity index (χ3n) is 1.39. The van der Waals surface area contributed by atoms with Gasteiger partial charge in [-0.15, -0.1) is 0 Å². The van der Waals surface area contributed by atoms with Crippen molar-refractivity contribution in [2.45, 2.75) is 0 Å². The predicted molar refractivity (Wildman–Crippen MR) is 44.6 cm³/mol. The number of fused-ring (bicyclic) bond motifs is 1. The molecule has 50 valence electrons. The average molecular weight is 245 g/mol. The SMILES string of the molecule is C1=C[Te]c2ccccc2N1. The van der Waals surface area contributed by atoms with Gasteiger partial charge in [0.05, 0.1) is 0 Å². The van der Waals surface area contributed by atoms with Crippen molar-refractivity contribution in [3.63, 3.8) is 0 Å². The first kappa shape index (κ1) is 6.27. The van der Waals surface area contributed by atoms with Crippen LogP contribution in [-0.2, 0) is 0 Å². The van der Waals surface area contributed by atoms with Crippen molar-refractivity contribution in [3.05, 3.63) is 34.6 Å². The summed E-state index contributed by atoms with van der Waals surface area (Å²) in [4.78, 5) is 0. The zero-order chi connectivity index (χ0) is 6.81. The molecule has 1 heterocycles. The molecule has 1 nitrogen and oxygen atoms in total. The second-order valence-corrected chi connectivity index (χ2v) is 4.77. The Morgan fingerprint density at radius 3 is 3.00 bits per heavy atom. The summed E-state index contributed by atoms with van der Waals surface area (Å²) in [5.74, 6) is 0. The fraction of sp³-hybridized carbons (Fsp3) is 0. The van der Waals surface area contributed by atoms with Gasteiger partial charge in [0.1, 0.15) is 0 Å². The van der Waals surface area contributed by atoms with Crippen LogP contribution in [0, 0.1) is 0 Å². The average Bonchev–Trinajstić information content (AvgIpc) is 2.05. The third kappa shape index (κ3) is 1.05. The van der Waals surface area contributed by atoms with Gasteiger partial charge in [-0.2, -0.15) is 0 Å². The molecule has 10 heavy (non-hydrogen) atoms. The molecule has 0 aliphatic carbocycles. The van der Waals surface area contributed by atoms with Crippen molar-refractivity contribution in [1.82, 2.24) is 0 Å². The number of para-hydroxylation sites is 1. The summed E-state index contributed by atoms with van der Waals surface area (Å²) in [5, 5.41) is 3.21. The topological polar surface area (TPSA) is 12.0 Å². The Bertz CT molecular complexity index is 241. The standard InChI is InChI=1S/C8H7NTe/c1-2-4-8-7(3-1)9-5-6-10-8/h1-6,9H. The molecule has 0 aromatic heterocycles. The minimum absolute atomic E-state index is 0.0129. The monoisotopic (exact) mass is 247 g/mol. The van der Waals surface area contributed by atoms with Crippen molar-refractivity contribution in [2.24, 2.45) is 0 Å². The van der Waals surface area contributed by atoms with E-state index in [1.54, 1.807) is 0 Å². The van der Waals surface area contributed by atoms with Crippen LogP contribution in [-0.4, -0.2) is 20.9 Å². The maximum absolute atomic E-state index is 3.21. The van der Waals surface area contributed by atoms with Crippen molar-refractivity contribution < 1.29 is 0 Å². The molecular formula is C8H7NTe. The molecule has 1 aromatic carbocycles. The van der Waals surface area contributed by atoms with Crippen molar-refractivity contribution in [3.8, 4) is 0 Å². The van der Waals surface area contributed by atoms with E-state index in [0.717, 1.165) is 0 Å². The molecule has 2 heteroatoms. The molecule has 2 rings (SSSR count). The van der Waals surface area contributed by atoms with Crippen molar-refractivity contribution >= 4 is 30.2 Å². The predicted octanol–water partition coefficient (Wildman–Crippen LogP) is 0.913. The van der Waals surface area contributed by atoms with E-state index in [0.29, 0.717) is 0 Å².